The predicted molar refractivity (Wildman–Crippen MR) is 237 cm³/mol. The molecule has 55 heavy (non-hydrogen) atoms. The summed E-state index contributed by atoms with van der Waals surface area (Å²) in [6.07, 6.45) is 0. The summed E-state index contributed by atoms with van der Waals surface area (Å²) in [6, 6.07) is 61.7. The molecular formula is C52H39BN2. The highest BCUT2D eigenvalue weighted by Gasteiger charge is 2.43. The molecule has 9 aromatic rings. The summed E-state index contributed by atoms with van der Waals surface area (Å²) < 4.78 is 0. The van der Waals surface area contributed by atoms with Crippen molar-refractivity contribution in [3.05, 3.63) is 186 Å². The SMILES string of the molecule is Cc1ccc(N2c3ccc(C)cc3B3c4cc(C)ccc4N(c4ccc(C)cc4-c4cccc5c6ccccc6c6ccccc6c45)c4cccc2c43)cc1. The van der Waals surface area contributed by atoms with Crippen LogP contribution in [0.1, 0.15) is 22.3 Å². The summed E-state index contributed by atoms with van der Waals surface area (Å²) in [5.41, 5.74) is 18.9. The molecule has 2 heterocycles. The standard InChI is InChI=1S/C52H39BN2/c1-32-19-24-36(25-20-32)54-47-27-22-34(3)30-44(47)53-45-31-35(4)23-28-48(45)55(50-18-10-17-49(54)52(50)53)46-26-21-33(2)29-43(46)42-16-9-15-41-39-12-6-5-11-37(39)38-13-7-8-14-40(38)51(41)42/h5-31H,1-4H3. The van der Waals surface area contributed by atoms with Gasteiger partial charge in [0.05, 0.1) is 5.69 Å². The molecule has 0 unspecified atom stereocenters. The average Bonchev–Trinajstić information content (AvgIpc) is 3.21. The summed E-state index contributed by atoms with van der Waals surface area (Å²) in [7, 11) is 0. The number of hydrogen-bond acceptors (Lipinski definition) is 2. The van der Waals surface area contributed by atoms with E-state index in [1.54, 1.807) is 0 Å². The van der Waals surface area contributed by atoms with E-state index in [4.69, 9.17) is 0 Å². The topological polar surface area (TPSA) is 6.48 Å². The first-order chi connectivity index (χ1) is 26.9. The second kappa shape index (κ2) is 12.0. The number of benzene rings is 9. The molecule has 0 bridgehead atoms. The third kappa shape index (κ3) is 4.69. The van der Waals surface area contributed by atoms with Crippen LogP contribution in [0.5, 0.6) is 0 Å². The van der Waals surface area contributed by atoms with Crippen LogP contribution in [0.25, 0.3) is 43.4 Å². The normalized spacial score (nSPS) is 13.0. The molecule has 9 aromatic carbocycles. The molecule has 0 amide bonds. The van der Waals surface area contributed by atoms with E-state index in [1.807, 2.05) is 0 Å². The first-order valence-corrected chi connectivity index (χ1v) is 19.4. The monoisotopic (exact) mass is 702 g/mol. The largest absolute Gasteiger partial charge is 0.311 e. The van der Waals surface area contributed by atoms with Crippen molar-refractivity contribution in [2.75, 3.05) is 9.80 Å². The Bertz CT molecular complexity index is 3010. The zero-order chi connectivity index (χ0) is 36.9. The van der Waals surface area contributed by atoms with Gasteiger partial charge in [-0.2, -0.15) is 0 Å². The van der Waals surface area contributed by atoms with Gasteiger partial charge in [-0.15, -0.1) is 0 Å². The van der Waals surface area contributed by atoms with E-state index in [2.05, 4.69) is 201 Å². The van der Waals surface area contributed by atoms with Crippen molar-refractivity contribution in [3.63, 3.8) is 0 Å². The molecule has 0 N–H and O–H groups in total. The van der Waals surface area contributed by atoms with Gasteiger partial charge in [-0.05, 0) is 130 Å². The van der Waals surface area contributed by atoms with Crippen LogP contribution in [0.15, 0.2) is 164 Å². The maximum Gasteiger partial charge on any atom is 0.252 e. The Morgan fingerprint density at radius 3 is 1.45 bits per heavy atom. The lowest BCUT2D eigenvalue weighted by Crippen LogP contribution is -2.61. The summed E-state index contributed by atoms with van der Waals surface area (Å²) in [6.45, 7) is 8.93. The first-order valence-electron chi connectivity index (χ1n) is 19.4. The molecule has 2 nitrogen and oxygen atoms in total. The molecule has 2 aliphatic rings. The molecule has 3 heteroatoms. The molecule has 2 aliphatic heterocycles. The molecular weight excluding hydrogens is 663 g/mol. The van der Waals surface area contributed by atoms with Gasteiger partial charge in [-0.1, -0.05) is 138 Å². The Morgan fingerprint density at radius 2 is 0.818 bits per heavy atom. The fourth-order valence-corrected chi connectivity index (χ4v) is 9.65. The van der Waals surface area contributed by atoms with Crippen molar-refractivity contribution in [1.29, 1.82) is 0 Å². The third-order valence-electron chi connectivity index (χ3n) is 12.0. The Hall–Kier alpha value is -6.58. The Labute approximate surface area is 323 Å². The summed E-state index contributed by atoms with van der Waals surface area (Å²) in [5, 5.41) is 7.74. The zero-order valence-corrected chi connectivity index (χ0v) is 31.6. The molecule has 0 saturated carbocycles. The van der Waals surface area contributed by atoms with Crippen molar-refractivity contribution < 1.29 is 0 Å². The van der Waals surface area contributed by atoms with Crippen molar-refractivity contribution in [2.24, 2.45) is 0 Å². The van der Waals surface area contributed by atoms with Gasteiger partial charge in [0, 0.05) is 34.0 Å². The number of aryl methyl sites for hydroxylation is 4. The maximum atomic E-state index is 2.56. The smallest absolute Gasteiger partial charge is 0.252 e. The average molecular weight is 703 g/mol. The van der Waals surface area contributed by atoms with E-state index in [-0.39, 0.29) is 6.71 Å². The van der Waals surface area contributed by atoms with E-state index >= 15 is 0 Å². The maximum absolute atomic E-state index is 2.56. The molecule has 0 spiro atoms. The van der Waals surface area contributed by atoms with Crippen LogP contribution >= 0.6 is 0 Å². The van der Waals surface area contributed by atoms with Crippen molar-refractivity contribution in [2.45, 2.75) is 27.7 Å². The van der Waals surface area contributed by atoms with E-state index in [9.17, 15) is 0 Å². The lowest BCUT2D eigenvalue weighted by atomic mass is 9.33. The molecule has 0 atom stereocenters. The molecule has 260 valence electrons. The second-order valence-corrected chi connectivity index (χ2v) is 15.6. The molecule has 0 radical (unpaired) electrons. The molecule has 0 saturated heterocycles. The molecule has 0 aromatic heterocycles. The predicted octanol–water partition coefficient (Wildman–Crippen LogP) is 12.1. The van der Waals surface area contributed by atoms with E-state index in [0.29, 0.717) is 0 Å². The Kier molecular flexibility index (Phi) is 6.94. The van der Waals surface area contributed by atoms with Gasteiger partial charge < -0.3 is 9.80 Å². The zero-order valence-electron chi connectivity index (χ0n) is 31.6. The van der Waals surface area contributed by atoms with Gasteiger partial charge in [0.15, 0.2) is 0 Å². The van der Waals surface area contributed by atoms with Crippen molar-refractivity contribution in [3.8, 4) is 11.1 Å². The first kappa shape index (κ1) is 31.9. The molecule has 0 fully saturated rings. The van der Waals surface area contributed by atoms with Gasteiger partial charge in [0.1, 0.15) is 0 Å². The van der Waals surface area contributed by atoms with Crippen molar-refractivity contribution in [1.82, 2.24) is 0 Å². The number of anilines is 6. The summed E-state index contributed by atoms with van der Waals surface area (Å²) >= 11 is 0. The number of fused-ring (bicyclic) bond motifs is 10. The van der Waals surface area contributed by atoms with Gasteiger partial charge in [-0.3, -0.25) is 0 Å². The van der Waals surface area contributed by atoms with Gasteiger partial charge in [-0.25, -0.2) is 0 Å². The number of hydrogen-bond donors (Lipinski definition) is 0. The fraction of sp³-hybridized carbons (Fsp3) is 0.0769. The number of nitrogens with zero attached hydrogens (tertiary/aromatic N) is 2. The Morgan fingerprint density at radius 1 is 0.345 bits per heavy atom. The van der Waals surface area contributed by atoms with Gasteiger partial charge in [0.2, 0.25) is 0 Å². The van der Waals surface area contributed by atoms with Crippen LogP contribution in [0.2, 0.25) is 0 Å². The minimum absolute atomic E-state index is 0.0933. The molecule has 11 rings (SSSR count). The lowest BCUT2D eigenvalue weighted by molar-refractivity contribution is 1.24. The molecule has 0 aliphatic carbocycles. The van der Waals surface area contributed by atoms with Gasteiger partial charge >= 0.3 is 0 Å². The summed E-state index contributed by atoms with van der Waals surface area (Å²) in [4.78, 5) is 5.05. The summed E-state index contributed by atoms with van der Waals surface area (Å²) in [5.74, 6) is 0. The van der Waals surface area contributed by atoms with Gasteiger partial charge in [0.25, 0.3) is 6.71 Å². The number of rotatable bonds is 3. The minimum atomic E-state index is 0.0933. The minimum Gasteiger partial charge on any atom is -0.311 e. The van der Waals surface area contributed by atoms with E-state index in [1.165, 1.54) is 116 Å². The Balaban J connectivity index is 1.23. The van der Waals surface area contributed by atoms with Crippen LogP contribution in [-0.4, -0.2) is 6.71 Å². The fourth-order valence-electron chi connectivity index (χ4n) is 9.65. The highest BCUT2D eigenvalue weighted by atomic mass is 15.2. The van der Waals surface area contributed by atoms with E-state index in [0.717, 1.165) is 0 Å². The second-order valence-electron chi connectivity index (χ2n) is 15.6. The van der Waals surface area contributed by atoms with Crippen LogP contribution < -0.4 is 26.2 Å². The quantitative estimate of drug-likeness (QED) is 0.134. The third-order valence-corrected chi connectivity index (χ3v) is 12.0. The van der Waals surface area contributed by atoms with Crippen LogP contribution in [-0.2, 0) is 0 Å². The van der Waals surface area contributed by atoms with E-state index < -0.39 is 0 Å². The van der Waals surface area contributed by atoms with Crippen LogP contribution in [0, 0.1) is 27.7 Å². The highest BCUT2D eigenvalue weighted by molar-refractivity contribution is 7.00. The van der Waals surface area contributed by atoms with Crippen molar-refractivity contribution >= 4 is 89.5 Å². The van der Waals surface area contributed by atoms with Crippen LogP contribution in [0.4, 0.5) is 34.1 Å². The lowest BCUT2D eigenvalue weighted by Gasteiger charge is -2.44. The highest BCUT2D eigenvalue weighted by Crippen LogP contribution is 2.49. The van der Waals surface area contributed by atoms with Crippen LogP contribution in [0.3, 0.4) is 0 Å².